The molecule has 0 spiro atoms. The van der Waals surface area contributed by atoms with Gasteiger partial charge in [-0.2, -0.15) is 0 Å². The van der Waals surface area contributed by atoms with Crippen molar-refractivity contribution in [2.45, 2.75) is 24.1 Å². The Hall–Kier alpha value is -0.890. The molecule has 0 radical (unpaired) electrons. The van der Waals surface area contributed by atoms with Crippen molar-refractivity contribution in [3.63, 3.8) is 0 Å². The van der Waals surface area contributed by atoms with Gasteiger partial charge < -0.3 is 24.8 Å². The largest absolute Gasteiger partial charge is 0.391 e. The van der Waals surface area contributed by atoms with Crippen LogP contribution in [0.4, 0.5) is 0 Å². The Labute approximate surface area is 85.7 Å². The minimum atomic E-state index is -1.64. The average molecular weight is 219 g/mol. The summed E-state index contributed by atoms with van der Waals surface area (Å²) in [5.74, 6) is -1.64. The van der Waals surface area contributed by atoms with Gasteiger partial charge in [-0.3, -0.25) is 0 Å². The molecule has 0 amide bonds. The zero-order valence-corrected chi connectivity index (χ0v) is 8.15. The fourth-order valence-electron chi connectivity index (χ4n) is 1.49. The first kappa shape index (κ1) is 12.2. The van der Waals surface area contributed by atoms with Crippen LogP contribution in [0.15, 0.2) is 5.11 Å². The molecule has 0 bridgehead atoms. The molecule has 1 heterocycles. The van der Waals surface area contributed by atoms with Gasteiger partial charge in [-0.15, -0.1) is 0 Å². The van der Waals surface area contributed by atoms with Crippen molar-refractivity contribution in [2.75, 3.05) is 20.3 Å². The van der Waals surface area contributed by atoms with Crippen LogP contribution >= 0.6 is 0 Å². The van der Waals surface area contributed by atoms with Gasteiger partial charge in [0, 0.05) is 12.0 Å². The SMILES string of the molecule is COC1(CO)O[C@H](CN=[N+]=[N-])[C@@H](O)[C@@H]1O. The average Bonchev–Trinajstić information content (AvgIpc) is 2.51. The number of rotatable bonds is 4. The molecule has 15 heavy (non-hydrogen) atoms. The normalized spacial score (nSPS) is 40.1. The molecule has 8 nitrogen and oxygen atoms in total. The summed E-state index contributed by atoms with van der Waals surface area (Å²) in [6.07, 6.45) is -3.53. The molecule has 1 saturated heterocycles. The van der Waals surface area contributed by atoms with Gasteiger partial charge >= 0.3 is 0 Å². The topological polar surface area (TPSA) is 128 Å². The maximum Gasteiger partial charge on any atom is 0.221 e. The lowest BCUT2D eigenvalue weighted by Crippen LogP contribution is -2.47. The molecule has 1 aliphatic heterocycles. The van der Waals surface area contributed by atoms with Gasteiger partial charge in [0.15, 0.2) is 0 Å². The molecule has 0 aromatic heterocycles. The Morgan fingerprint density at radius 1 is 1.60 bits per heavy atom. The number of aliphatic hydroxyl groups is 3. The van der Waals surface area contributed by atoms with E-state index in [0.717, 1.165) is 0 Å². The molecular weight excluding hydrogens is 206 g/mol. The summed E-state index contributed by atoms with van der Waals surface area (Å²) in [4.78, 5) is 2.51. The second-order valence-electron chi connectivity index (χ2n) is 3.18. The summed E-state index contributed by atoms with van der Waals surface area (Å²) in [5.41, 5.74) is 8.10. The Kier molecular flexibility index (Phi) is 3.86. The van der Waals surface area contributed by atoms with Crippen LogP contribution in [0.3, 0.4) is 0 Å². The van der Waals surface area contributed by atoms with Crippen molar-refractivity contribution in [1.82, 2.24) is 0 Å². The number of hydrogen-bond donors (Lipinski definition) is 3. The quantitative estimate of drug-likeness (QED) is 0.309. The molecule has 0 saturated carbocycles. The molecule has 0 aromatic carbocycles. The van der Waals surface area contributed by atoms with Crippen LogP contribution in [0.25, 0.3) is 10.4 Å². The van der Waals surface area contributed by atoms with E-state index in [-0.39, 0.29) is 6.54 Å². The number of ether oxygens (including phenoxy) is 2. The number of hydrogen-bond acceptors (Lipinski definition) is 6. The first-order valence-electron chi connectivity index (χ1n) is 4.32. The monoisotopic (exact) mass is 219 g/mol. The Morgan fingerprint density at radius 3 is 2.67 bits per heavy atom. The number of aliphatic hydroxyl groups excluding tert-OH is 3. The van der Waals surface area contributed by atoms with Crippen LogP contribution in [-0.4, -0.2) is 59.7 Å². The van der Waals surface area contributed by atoms with E-state index < -0.39 is 30.7 Å². The minimum Gasteiger partial charge on any atom is -0.391 e. The van der Waals surface area contributed by atoms with E-state index in [2.05, 4.69) is 10.0 Å². The third kappa shape index (κ3) is 2.05. The summed E-state index contributed by atoms with van der Waals surface area (Å²) in [7, 11) is 1.24. The first-order valence-corrected chi connectivity index (χ1v) is 4.32. The molecule has 4 atom stereocenters. The third-order valence-electron chi connectivity index (χ3n) is 2.40. The molecule has 3 N–H and O–H groups in total. The van der Waals surface area contributed by atoms with Gasteiger partial charge in [-0.05, 0) is 5.53 Å². The predicted octanol–water partition coefficient (Wildman–Crippen LogP) is -1.25. The van der Waals surface area contributed by atoms with Crippen molar-refractivity contribution in [3.8, 4) is 0 Å². The fourth-order valence-corrected chi connectivity index (χ4v) is 1.49. The summed E-state index contributed by atoms with van der Waals surface area (Å²) in [6, 6.07) is 0. The standard InChI is InChI=1S/C7H13N3O5/c1-14-7(3-11)6(13)5(12)4(15-7)2-9-10-8/h4-6,11-13H,2-3H2,1H3/t4-,5-,6+,7?/m1/s1. The second kappa shape index (κ2) is 4.75. The smallest absolute Gasteiger partial charge is 0.221 e. The van der Waals surface area contributed by atoms with E-state index in [1.165, 1.54) is 7.11 Å². The van der Waals surface area contributed by atoms with Crippen LogP contribution in [0, 0.1) is 0 Å². The minimum absolute atomic E-state index is 0.139. The van der Waals surface area contributed by atoms with Gasteiger partial charge in [0.1, 0.15) is 18.8 Å². The van der Waals surface area contributed by atoms with Crippen LogP contribution in [-0.2, 0) is 9.47 Å². The van der Waals surface area contributed by atoms with Crippen LogP contribution in [0.2, 0.25) is 0 Å². The molecule has 1 rings (SSSR count). The highest BCUT2D eigenvalue weighted by Gasteiger charge is 2.54. The van der Waals surface area contributed by atoms with Crippen molar-refractivity contribution in [2.24, 2.45) is 5.11 Å². The van der Waals surface area contributed by atoms with Gasteiger partial charge in [0.25, 0.3) is 0 Å². The van der Waals surface area contributed by atoms with Crippen molar-refractivity contribution in [1.29, 1.82) is 0 Å². The highest BCUT2D eigenvalue weighted by atomic mass is 16.7. The van der Waals surface area contributed by atoms with Crippen LogP contribution in [0.1, 0.15) is 0 Å². The maximum atomic E-state index is 9.58. The summed E-state index contributed by atoms with van der Waals surface area (Å²) >= 11 is 0. The molecule has 1 unspecified atom stereocenters. The van der Waals surface area contributed by atoms with Crippen LogP contribution in [0.5, 0.6) is 0 Å². The fraction of sp³-hybridized carbons (Fsp3) is 1.00. The van der Waals surface area contributed by atoms with E-state index >= 15 is 0 Å². The summed E-state index contributed by atoms with van der Waals surface area (Å²) in [5, 5.41) is 31.4. The van der Waals surface area contributed by atoms with E-state index in [0.29, 0.717) is 0 Å². The van der Waals surface area contributed by atoms with E-state index in [1.54, 1.807) is 0 Å². The van der Waals surface area contributed by atoms with Gasteiger partial charge in [-0.25, -0.2) is 0 Å². The van der Waals surface area contributed by atoms with E-state index in [1.807, 2.05) is 0 Å². The Bertz CT molecular complexity index is 263. The van der Waals surface area contributed by atoms with Gasteiger partial charge in [0.05, 0.1) is 12.6 Å². The van der Waals surface area contributed by atoms with Crippen molar-refractivity contribution < 1.29 is 24.8 Å². The highest BCUT2D eigenvalue weighted by Crippen LogP contribution is 2.31. The molecule has 1 aliphatic rings. The predicted molar refractivity (Wildman–Crippen MR) is 47.7 cm³/mol. The zero-order chi connectivity index (χ0) is 11.5. The van der Waals surface area contributed by atoms with Crippen LogP contribution < -0.4 is 0 Å². The lowest BCUT2D eigenvalue weighted by molar-refractivity contribution is -0.260. The number of nitrogens with zero attached hydrogens (tertiary/aromatic N) is 3. The zero-order valence-electron chi connectivity index (χ0n) is 8.15. The number of methoxy groups -OCH3 is 1. The summed E-state index contributed by atoms with van der Waals surface area (Å²) < 4.78 is 9.96. The highest BCUT2D eigenvalue weighted by molar-refractivity contribution is 4.97. The first-order chi connectivity index (χ1) is 7.11. The molecular formula is C7H13N3O5. The number of azide groups is 1. The molecule has 86 valence electrons. The third-order valence-corrected chi connectivity index (χ3v) is 2.40. The Morgan fingerprint density at radius 2 is 2.27 bits per heavy atom. The van der Waals surface area contributed by atoms with Crippen molar-refractivity contribution >= 4 is 0 Å². The van der Waals surface area contributed by atoms with Crippen molar-refractivity contribution in [3.05, 3.63) is 10.4 Å². The summed E-state index contributed by atoms with van der Waals surface area (Å²) in [6.45, 7) is -0.742. The lowest BCUT2D eigenvalue weighted by Gasteiger charge is -2.27. The Balaban J connectivity index is 2.78. The molecule has 1 fully saturated rings. The molecule has 0 aromatic rings. The van der Waals surface area contributed by atoms with Gasteiger partial charge in [0.2, 0.25) is 5.79 Å². The van der Waals surface area contributed by atoms with E-state index in [4.69, 9.17) is 20.1 Å². The van der Waals surface area contributed by atoms with Gasteiger partial charge in [-0.1, -0.05) is 5.11 Å². The molecule has 8 heteroatoms. The molecule has 0 aliphatic carbocycles. The second-order valence-corrected chi connectivity index (χ2v) is 3.18. The maximum absolute atomic E-state index is 9.58. The van der Waals surface area contributed by atoms with E-state index in [9.17, 15) is 10.2 Å². The lowest BCUT2D eigenvalue weighted by atomic mass is 10.1.